The molecular weight excluding hydrogens is 389 g/mol. The molecule has 0 aliphatic carbocycles. The first kappa shape index (κ1) is 19.5. The Labute approximate surface area is 164 Å². The van der Waals surface area contributed by atoms with E-state index in [4.69, 9.17) is 8.83 Å². The van der Waals surface area contributed by atoms with Crippen LogP contribution >= 0.6 is 0 Å². The van der Waals surface area contributed by atoms with Crippen LogP contribution in [0.1, 0.15) is 21.7 Å². The van der Waals surface area contributed by atoms with Crippen LogP contribution in [-0.4, -0.2) is 59.6 Å². The van der Waals surface area contributed by atoms with E-state index < -0.39 is 12.7 Å². The second kappa shape index (κ2) is 7.57. The lowest BCUT2D eigenvalue weighted by molar-refractivity contribution is -0.149. The van der Waals surface area contributed by atoms with Crippen molar-refractivity contribution >= 4 is 16.8 Å². The smallest absolute Gasteiger partial charge is 0.401 e. The Hall–Kier alpha value is -2.78. The Kier molecular flexibility index (Phi) is 5.10. The molecule has 0 saturated carbocycles. The van der Waals surface area contributed by atoms with Crippen LogP contribution < -0.4 is 0 Å². The number of phenols is 1. The second-order valence-electron chi connectivity index (χ2n) is 7.06. The molecule has 154 valence electrons. The van der Waals surface area contributed by atoms with Crippen molar-refractivity contribution in [2.24, 2.45) is 0 Å². The van der Waals surface area contributed by atoms with E-state index in [1.165, 1.54) is 23.5 Å². The molecular formula is C20H19F3N2O4. The van der Waals surface area contributed by atoms with Crippen LogP contribution in [0.4, 0.5) is 13.2 Å². The molecule has 1 saturated heterocycles. The largest absolute Gasteiger partial charge is 0.508 e. The summed E-state index contributed by atoms with van der Waals surface area (Å²) < 4.78 is 48.4. The van der Waals surface area contributed by atoms with E-state index in [-0.39, 0.29) is 35.9 Å². The summed E-state index contributed by atoms with van der Waals surface area (Å²) in [6, 6.07) is 6.22. The molecule has 1 aliphatic heterocycles. The van der Waals surface area contributed by atoms with E-state index in [9.17, 15) is 23.1 Å². The molecule has 0 unspecified atom stereocenters. The van der Waals surface area contributed by atoms with Gasteiger partial charge in [0.15, 0.2) is 5.76 Å². The molecule has 29 heavy (non-hydrogen) atoms. The van der Waals surface area contributed by atoms with Crippen molar-refractivity contribution < 1.29 is 31.9 Å². The van der Waals surface area contributed by atoms with Gasteiger partial charge in [0, 0.05) is 43.7 Å². The number of phenolic OH excluding ortho intramolecular Hbond substituents is 1. The first-order chi connectivity index (χ1) is 13.8. The van der Waals surface area contributed by atoms with E-state index in [1.807, 2.05) is 4.90 Å². The maximum absolute atomic E-state index is 12.8. The van der Waals surface area contributed by atoms with Gasteiger partial charge >= 0.3 is 6.18 Å². The maximum Gasteiger partial charge on any atom is 0.401 e. The SMILES string of the molecule is O=C(c1ccco1)c1coc2ccc(O)c(CN3CCN(CC(F)(F)F)CC3)c12. The topological polar surface area (TPSA) is 70.1 Å². The number of furan rings is 2. The number of fused-ring (bicyclic) bond motifs is 1. The standard InChI is InChI=1S/C20H19F3N2O4/c21-20(22,23)12-25-7-5-24(6-8-25)10-13-15(26)3-4-16-18(13)14(11-29-16)19(27)17-2-1-9-28-17/h1-4,9,11,26H,5-8,10,12H2. The van der Waals surface area contributed by atoms with E-state index in [2.05, 4.69) is 0 Å². The lowest BCUT2D eigenvalue weighted by Crippen LogP contribution is -2.48. The van der Waals surface area contributed by atoms with Crippen LogP contribution in [0.2, 0.25) is 0 Å². The highest BCUT2D eigenvalue weighted by atomic mass is 19.4. The van der Waals surface area contributed by atoms with Crippen LogP contribution in [0.25, 0.3) is 11.0 Å². The number of aromatic hydroxyl groups is 1. The number of rotatable bonds is 5. The number of benzene rings is 1. The molecule has 9 heteroatoms. The number of hydrogen-bond donors (Lipinski definition) is 1. The number of piperazine rings is 1. The number of alkyl halides is 3. The van der Waals surface area contributed by atoms with Gasteiger partial charge < -0.3 is 13.9 Å². The summed E-state index contributed by atoms with van der Waals surface area (Å²) in [5.74, 6) is -0.205. The Morgan fingerprint density at radius 3 is 2.45 bits per heavy atom. The van der Waals surface area contributed by atoms with E-state index in [1.54, 1.807) is 18.2 Å². The van der Waals surface area contributed by atoms with Crippen LogP contribution in [0.15, 0.2) is 45.6 Å². The first-order valence-corrected chi connectivity index (χ1v) is 9.13. The zero-order valence-electron chi connectivity index (χ0n) is 15.4. The monoisotopic (exact) mass is 408 g/mol. The van der Waals surface area contributed by atoms with Gasteiger partial charge in [-0.1, -0.05) is 0 Å². The van der Waals surface area contributed by atoms with Crippen molar-refractivity contribution in [3.8, 4) is 5.75 Å². The maximum atomic E-state index is 12.8. The van der Waals surface area contributed by atoms with Crippen molar-refractivity contribution in [2.75, 3.05) is 32.7 Å². The highest BCUT2D eigenvalue weighted by Crippen LogP contribution is 2.34. The average molecular weight is 408 g/mol. The summed E-state index contributed by atoms with van der Waals surface area (Å²) in [7, 11) is 0. The average Bonchev–Trinajstić information content (AvgIpc) is 3.34. The molecule has 6 nitrogen and oxygen atoms in total. The fourth-order valence-electron chi connectivity index (χ4n) is 3.64. The Balaban J connectivity index is 1.57. The summed E-state index contributed by atoms with van der Waals surface area (Å²) in [6.07, 6.45) is -1.49. The molecule has 4 rings (SSSR count). The number of nitrogens with zero attached hydrogens (tertiary/aromatic N) is 2. The minimum atomic E-state index is -4.22. The summed E-state index contributed by atoms with van der Waals surface area (Å²) in [5, 5.41) is 10.9. The first-order valence-electron chi connectivity index (χ1n) is 9.13. The molecule has 0 spiro atoms. The van der Waals surface area contributed by atoms with Crippen LogP contribution in [-0.2, 0) is 6.54 Å². The molecule has 0 amide bonds. The Morgan fingerprint density at radius 1 is 1.07 bits per heavy atom. The van der Waals surface area contributed by atoms with Gasteiger partial charge in [0.1, 0.15) is 17.6 Å². The summed E-state index contributed by atoms with van der Waals surface area (Å²) in [5.41, 5.74) is 1.23. The third-order valence-corrected chi connectivity index (χ3v) is 5.06. The predicted molar refractivity (Wildman–Crippen MR) is 97.8 cm³/mol. The summed E-state index contributed by atoms with van der Waals surface area (Å²) >= 11 is 0. The molecule has 0 radical (unpaired) electrons. The second-order valence-corrected chi connectivity index (χ2v) is 7.06. The zero-order valence-corrected chi connectivity index (χ0v) is 15.4. The number of ketones is 1. The van der Waals surface area contributed by atoms with Gasteiger partial charge in [-0.25, -0.2) is 0 Å². The van der Waals surface area contributed by atoms with Gasteiger partial charge in [-0.3, -0.25) is 14.6 Å². The van der Waals surface area contributed by atoms with Crippen molar-refractivity contribution in [1.82, 2.24) is 9.80 Å². The molecule has 1 N–H and O–H groups in total. The molecule has 1 fully saturated rings. The Bertz CT molecular complexity index is 1000. The van der Waals surface area contributed by atoms with E-state index >= 15 is 0 Å². The molecule has 3 aromatic rings. The third-order valence-electron chi connectivity index (χ3n) is 5.06. The summed E-state index contributed by atoms with van der Waals surface area (Å²) in [4.78, 5) is 16.1. The molecule has 1 aliphatic rings. The predicted octanol–water partition coefficient (Wildman–Crippen LogP) is 3.64. The fraction of sp³-hybridized carbons (Fsp3) is 0.350. The third kappa shape index (κ3) is 4.15. The molecule has 2 aromatic heterocycles. The highest BCUT2D eigenvalue weighted by molar-refractivity contribution is 6.15. The molecule has 0 atom stereocenters. The van der Waals surface area contributed by atoms with Crippen molar-refractivity contribution in [1.29, 1.82) is 0 Å². The normalized spacial score (nSPS) is 16.5. The molecule has 3 heterocycles. The summed E-state index contributed by atoms with van der Waals surface area (Å²) in [6.45, 7) is 0.766. The van der Waals surface area contributed by atoms with Crippen molar-refractivity contribution in [3.05, 3.63) is 53.7 Å². The quantitative estimate of drug-likeness (QED) is 0.650. The number of halogens is 3. The zero-order chi connectivity index (χ0) is 20.6. The van der Waals surface area contributed by atoms with Gasteiger partial charge in [0.25, 0.3) is 0 Å². The van der Waals surface area contributed by atoms with Crippen molar-refractivity contribution in [2.45, 2.75) is 12.7 Å². The number of carbonyl (C=O) groups excluding carboxylic acids is 1. The fourth-order valence-corrected chi connectivity index (χ4v) is 3.64. The van der Waals surface area contributed by atoms with E-state index in [0.29, 0.717) is 36.2 Å². The van der Waals surface area contributed by atoms with Gasteiger partial charge in [-0.15, -0.1) is 0 Å². The van der Waals surface area contributed by atoms with Gasteiger partial charge in [-0.05, 0) is 24.3 Å². The van der Waals surface area contributed by atoms with Gasteiger partial charge in [-0.2, -0.15) is 13.2 Å². The minimum absolute atomic E-state index is 0.00474. The molecule has 1 aromatic carbocycles. The van der Waals surface area contributed by atoms with Crippen LogP contribution in [0.5, 0.6) is 5.75 Å². The number of carbonyl (C=O) groups is 1. The lowest BCUT2D eigenvalue weighted by atomic mass is 10.0. The lowest BCUT2D eigenvalue weighted by Gasteiger charge is -2.35. The highest BCUT2D eigenvalue weighted by Gasteiger charge is 2.32. The van der Waals surface area contributed by atoms with Gasteiger partial charge in [0.05, 0.1) is 18.4 Å². The van der Waals surface area contributed by atoms with Crippen LogP contribution in [0, 0.1) is 0 Å². The van der Waals surface area contributed by atoms with Gasteiger partial charge in [0.2, 0.25) is 5.78 Å². The van der Waals surface area contributed by atoms with Crippen molar-refractivity contribution in [3.63, 3.8) is 0 Å². The molecule has 0 bridgehead atoms. The number of hydrogen-bond acceptors (Lipinski definition) is 6. The Morgan fingerprint density at radius 2 is 1.79 bits per heavy atom. The minimum Gasteiger partial charge on any atom is -0.508 e. The van der Waals surface area contributed by atoms with Crippen LogP contribution in [0.3, 0.4) is 0 Å². The van der Waals surface area contributed by atoms with E-state index in [0.717, 1.165) is 0 Å².